The Bertz CT molecular complexity index is 344. The molecule has 2 unspecified atom stereocenters. The van der Waals surface area contributed by atoms with E-state index >= 15 is 0 Å². The van der Waals surface area contributed by atoms with Crippen molar-refractivity contribution >= 4 is 34.2 Å². The van der Waals surface area contributed by atoms with Gasteiger partial charge in [-0.2, -0.15) is 0 Å². The molecule has 16 heavy (non-hydrogen) atoms. The third-order valence-corrected chi connectivity index (χ3v) is 3.81. The van der Waals surface area contributed by atoms with Crippen LogP contribution in [0.2, 0.25) is 5.02 Å². The second-order valence-electron chi connectivity index (χ2n) is 3.87. The van der Waals surface area contributed by atoms with Gasteiger partial charge in [0, 0.05) is 22.3 Å². The molecule has 1 rings (SSSR count). The summed E-state index contributed by atoms with van der Waals surface area (Å²) in [5.74, 6) is 0.159. The van der Waals surface area contributed by atoms with E-state index in [1.54, 1.807) is 7.11 Å². The van der Waals surface area contributed by atoms with Crippen LogP contribution in [0.4, 0.5) is 0 Å². The number of aliphatic hydroxyl groups is 1. The summed E-state index contributed by atoms with van der Waals surface area (Å²) < 4.78 is 6.05. The van der Waals surface area contributed by atoms with Gasteiger partial charge in [0.2, 0.25) is 0 Å². The van der Waals surface area contributed by atoms with E-state index in [1.165, 1.54) is 0 Å². The second kappa shape index (κ2) is 6.79. The Kier molecular flexibility index (Phi) is 6.03. The molecule has 0 aliphatic heterocycles. The standard InChI is InChI=1S/C12H16ClIO2/c1-8(5-6-16-2)12(15)10-7-9(13)3-4-11(10)14/h3-4,7-8,12,15H,5-6H2,1-2H3. The van der Waals surface area contributed by atoms with Gasteiger partial charge in [0.05, 0.1) is 6.10 Å². The van der Waals surface area contributed by atoms with Gasteiger partial charge in [0.15, 0.2) is 0 Å². The van der Waals surface area contributed by atoms with Crippen LogP contribution in [-0.2, 0) is 4.74 Å². The van der Waals surface area contributed by atoms with Gasteiger partial charge in [0.25, 0.3) is 0 Å². The lowest BCUT2D eigenvalue weighted by atomic mass is 9.95. The maximum absolute atomic E-state index is 10.2. The first-order valence-electron chi connectivity index (χ1n) is 5.18. The Hall–Kier alpha value is 0.160. The van der Waals surface area contributed by atoms with Crippen molar-refractivity contribution in [2.24, 2.45) is 5.92 Å². The Morgan fingerprint density at radius 2 is 2.19 bits per heavy atom. The number of benzene rings is 1. The minimum absolute atomic E-state index is 0.159. The highest BCUT2D eigenvalue weighted by Crippen LogP contribution is 2.30. The molecule has 0 saturated heterocycles. The van der Waals surface area contributed by atoms with Crippen molar-refractivity contribution in [2.45, 2.75) is 19.4 Å². The molecule has 1 N–H and O–H groups in total. The van der Waals surface area contributed by atoms with Crippen molar-refractivity contribution in [2.75, 3.05) is 13.7 Å². The fraction of sp³-hybridized carbons (Fsp3) is 0.500. The zero-order valence-corrected chi connectivity index (χ0v) is 12.3. The summed E-state index contributed by atoms with van der Waals surface area (Å²) in [5.41, 5.74) is 0.900. The predicted molar refractivity (Wildman–Crippen MR) is 74.8 cm³/mol. The number of halogens is 2. The number of hydrogen-bond acceptors (Lipinski definition) is 2. The fourth-order valence-electron chi connectivity index (χ4n) is 1.51. The third-order valence-electron chi connectivity index (χ3n) is 2.59. The molecule has 0 fully saturated rings. The molecule has 1 aromatic carbocycles. The average Bonchev–Trinajstić information content (AvgIpc) is 2.28. The van der Waals surface area contributed by atoms with Crippen LogP contribution >= 0.6 is 34.2 Å². The molecule has 1 aromatic rings. The zero-order valence-electron chi connectivity index (χ0n) is 9.41. The van der Waals surface area contributed by atoms with Crippen molar-refractivity contribution in [3.05, 3.63) is 32.4 Å². The molecule has 90 valence electrons. The SMILES string of the molecule is COCCC(C)C(O)c1cc(Cl)ccc1I. The number of ether oxygens (including phenoxy) is 1. The summed E-state index contributed by atoms with van der Waals surface area (Å²) in [5, 5.41) is 10.9. The van der Waals surface area contributed by atoms with Gasteiger partial charge < -0.3 is 9.84 Å². The van der Waals surface area contributed by atoms with Crippen LogP contribution in [0.5, 0.6) is 0 Å². The third kappa shape index (κ3) is 3.87. The van der Waals surface area contributed by atoms with E-state index in [4.69, 9.17) is 16.3 Å². The second-order valence-corrected chi connectivity index (χ2v) is 5.47. The molecule has 0 heterocycles. The molecule has 0 aliphatic carbocycles. The minimum Gasteiger partial charge on any atom is -0.388 e. The van der Waals surface area contributed by atoms with Crippen LogP contribution < -0.4 is 0 Å². The molecule has 0 saturated carbocycles. The highest BCUT2D eigenvalue weighted by atomic mass is 127. The Morgan fingerprint density at radius 3 is 2.81 bits per heavy atom. The maximum atomic E-state index is 10.2. The zero-order chi connectivity index (χ0) is 12.1. The van der Waals surface area contributed by atoms with Crippen LogP contribution in [0.15, 0.2) is 18.2 Å². The molecule has 4 heteroatoms. The Morgan fingerprint density at radius 1 is 1.50 bits per heavy atom. The average molecular weight is 355 g/mol. The van der Waals surface area contributed by atoms with Gasteiger partial charge in [-0.3, -0.25) is 0 Å². The summed E-state index contributed by atoms with van der Waals surface area (Å²) in [6.07, 6.45) is 0.348. The van der Waals surface area contributed by atoms with Gasteiger partial charge in [0.1, 0.15) is 0 Å². The lowest BCUT2D eigenvalue weighted by molar-refractivity contribution is 0.0880. The van der Waals surface area contributed by atoms with Crippen molar-refractivity contribution in [3.8, 4) is 0 Å². The summed E-state index contributed by atoms with van der Waals surface area (Å²) in [6, 6.07) is 5.58. The fourth-order valence-corrected chi connectivity index (χ4v) is 2.34. The van der Waals surface area contributed by atoms with Crippen LogP contribution in [-0.4, -0.2) is 18.8 Å². The quantitative estimate of drug-likeness (QED) is 0.818. The van der Waals surface area contributed by atoms with E-state index in [9.17, 15) is 5.11 Å². The number of aliphatic hydroxyl groups excluding tert-OH is 1. The summed E-state index contributed by atoms with van der Waals surface area (Å²) in [4.78, 5) is 0. The summed E-state index contributed by atoms with van der Waals surface area (Å²) >= 11 is 8.14. The predicted octanol–water partition coefficient (Wildman–Crippen LogP) is 3.65. The molecule has 0 aliphatic rings. The molecular weight excluding hydrogens is 338 g/mol. The van der Waals surface area contributed by atoms with E-state index < -0.39 is 6.10 Å². The van der Waals surface area contributed by atoms with Crippen LogP contribution in [0.25, 0.3) is 0 Å². The van der Waals surface area contributed by atoms with Crippen molar-refractivity contribution in [1.29, 1.82) is 0 Å². The molecule has 0 spiro atoms. The molecule has 0 aromatic heterocycles. The van der Waals surface area contributed by atoms with E-state index in [0.29, 0.717) is 11.6 Å². The number of hydrogen-bond donors (Lipinski definition) is 1. The van der Waals surface area contributed by atoms with Crippen molar-refractivity contribution in [3.63, 3.8) is 0 Å². The topological polar surface area (TPSA) is 29.5 Å². The molecule has 2 nitrogen and oxygen atoms in total. The molecule has 0 amide bonds. The highest BCUT2D eigenvalue weighted by Gasteiger charge is 2.18. The Balaban J connectivity index is 2.78. The van der Waals surface area contributed by atoms with Gasteiger partial charge in [-0.25, -0.2) is 0 Å². The maximum Gasteiger partial charge on any atom is 0.0827 e. The molecule has 0 bridgehead atoms. The number of methoxy groups -OCH3 is 1. The van der Waals surface area contributed by atoms with Crippen LogP contribution in [0.3, 0.4) is 0 Å². The number of rotatable bonds is 5. The van der Waals surface area contributed by atoms with Crippen LogP contribution in [0.1, 0.15) is 25.0 Å². The summed E-state index contributed by atoms with van der Waals surface area (Å²) in [6.45, 7) is 2.68. The van der Waals surface area contributed by atoms with Crippen molar-refractivity contribution in [1.82, 2.24) is 0 Å². The smallest absolute Gasteiger partial charge is 0.0827 e. The van der Waals surface area contributed by atoms with Gasteiger partial charge >= 0.3 is 0 Å². The molecule has 0 radical (unpaired) electrons. The molecule has 2 atom stereocenters. The van der Waals surface area contributed by atoms with Gasteiger partial charge in [-0.15, -0.1) is 0 Å². The first-order valence-corrected chi connectivity index (χ1v) is 6.64. The lowest BCUT2D eigenvalue weighted by Crippen LogP contribution is -2.12. The summed E-state index contributed by atoms with van der Waals surface area (Å²) in [7, 11) is 1.67. The Labute approximate surface area is 115 Å². The lowest BCUT2D eigenvalue weighted by Gasteiger charge is -2.20. The van der Waals surface area contributed by atoms with E-state index in [2.05, 4.69) is 22.6 Å². The highest BCUT2D eigenvalue weighted by molar-refractivity contribution is 14.1. The first-order chi connectivity index (χ1) is 7.56. The van der Waals surface area contributed by atoms with E-state index in [0.717, 1.165) is 15.6 Å². The van der Waals surface area contributed by atoms with Crippen molar-refractivity contribution < 1.29 is 9.84 Å². The molecular formula is C12H16ClIO2. The minimum atomic E-state index is -0.485. The van der Waals surface area contributed by atoms with E-state index in [-0.39, 0.29) is 5.92 Å². The van der Waals surface area contributed by atoms with Gasteiger partial charge in [-0.05, 0) is 58.7 Å². The van der Waals surface area contributed by atoms with Gasteiger partial charge in [-0.1, -0.05) is 18.5 Å². The first kappa shape index (κ1) is 14.2. The van der Waals surface area contributed by atoms with Crippen LogP contribution in [0, 0.1) is 9.49 Å². The largest absolute Gasteiger partial charge is 0.388 e. The van der Waals surface area contributed by atoms with E-state index in [1.807, 2.05) is 25.1 Å². The monoisotopic (exact) mass is 354 g/mol. The normalized spacial score (nSPS) is 14.8.